The number of carbonyl (C=O) groups is 1. The van der Waals surface area contributed by atoms with Crippen LogP contribution in [0.4, 0.5) is 5.95 Å². The van der Waals surface area contributed by atoms with E-state index in [1.807, 2.05) is 0 Å². The third-order valence-electron chi connectivity index (χ3n) is 4.00. The average Bonchev–Trinajstić information content (AvgIpc) is 2.55. The SMILES string of the molecule is CCOC(=O)[C@H]1CCc2c(nc(NC3CCOCC3)[nH]c2=O)O1. The number of hydrogen-bond acceptors (Lipinski definition) is 7. The van der Waals surface area contributed by atoms with Crippen molar-refractivity contribution in [3.63, 3.8) is 0 Å². The summed E-state index contributed by atoms with van der Waals surface area (Å²) in [6.07, 6.45) is 1.87. The fraction of sp³-hybridized carbons (Fsp3) is 0.667. The summed E-state index contributed by atoms with van der Waals surface area (Å²) in [4.78, 5) is 31.0. The van der Waals surface area contributed by atoms with Gasteiger partial charge in [0.1, 0.15) is 0 Å². The predicted molar refractivity (Wildman–Crippen MR) is 81.7 cm³/mol. The van der Waals surface area contributed by atoms with Gasteiger partial charge < -0.3 is 19.5 Å². The molecule has 1 saturated heterocycles. The largest absolute Gasteiger partial charge is 0.463 e. The zero-order chi connectivity index (χ0) is 16.2. The lowest BCUT2D eigenvalue weighted by Crippen LogP contribution is -2.36. The van der Waals surface area contributed by atoms with Gasteiger partial charge in [-0.3, -0.25) is 9.78 Å². The number of nitrogens with zero attached hydrogens (tertiary/aromatic N) is 1. The van der Waals surface area contributed by atoms with Crippen LogP contribution < -0.4 is 15.6 Å². The molecule has 0 aliphatic carbocycles. The minimum atomic E-state index is -0.701. The van der Waals surface area contributed by atoms with E-state index in [2.05, 4.69) is 15.3 Å². The Morgan fingerprint density at radius 1 is 1.39 bits per heavy atom. The summed E-state index contributed by atoms with van der Waals surface area (Å²) >= 11 is 0. The van der Waals surface area contributed by atoms with Crippen LogP contribution in [-0.2, 0) is 20.7 Å². The maximum Gasteiger partial charge on any atom is 0.347 e. The second-order valence-electron chi connectivity index (χ2n) is 5.63. The smallest absolute Gasteiger partial charge is 0.347 e. The van der Waals surface area contributed by atoms with E-state index in [0.29, 0.717) is 44.2 Å². The lowest BCUT2D eigenvalue weighted by atomic mass is 10.1. The molecule has 0 amide bonds. The summed E-state index contributed by atoms with van der Waals surface area (Å²) < 4.78 is 15.9. The highest BCUT2D eigenvalue weighted by Gasteiger charge is 2.30. The maximum atomic E-state index is 12.2. The van der Waals surface area contributed by atoms with Gasteiger partial charge in [-0.15, -0.1) is 0 Å². The summed E-state index contributed by atoms with van der Waals surface area (Å²) in [6.45, 7) is 3.42. The summed E-state index contributed by atoms with van der Waals surface area (Å²) in [5.41, 5.74) is 0.245. The Morgan fingerprint density at radius 2 is 2.17 bits per heavy atom. The Hall–Kier alpha value is -2.09. The van der Waals surface area contributed by atoms with Gasteiger partial charge in [-0.2, -0.15) is 4.98 Å². The first-order valence-electron chi connectivity index (χ1n) is 7.98. The zero-order valence-corrected chi connectivity index (χ0v) is 13.1. The highest BCUT2D eigenvalue weighted by atomic mass is 16.6. The van der Waals surface area contributed by atoms with Crippen LogP contribution in [0.3, 0.4) is 0 Å². The van der Waals surface area contributed by atoms with Gasteiger partial charge >= 0.3 is 5.97 Å². The van der Waals surface area contributed by atoms with Gasteiger partial charge in [0.25, 0.3) is 5.56 Å². The van der Waals surface area contributed by atoms with E-state index in [-0.39, 0.29) is 17.5 Å². The molecule has 0 unspecified atom stereocenters. The number of H-pyrrole nitrogens is 1. The third kappa shape index (κ3) is 3.64. The molecule has 1 fully saturated rings. The van der Waals surface area contributed by atoms with Gasteiger partial charge in [-0.1, -0.05) is 0 Å². The molecular weight excluding hydrogens is 302 g/mol. The average molecular weight is 323 g/mol. The molecule has 1 aromatic rings. The van der Waals surface area contributed by atoms with Crippen molar-refractivity contribution in [3.05, 3.63) is 15.9 Å². The van der Waals surface area contributed by atoms with E-state index in [0.717, 1.165) is 12.8 Å². The number of esters is 1. The van der Waals surface area contributed by atoms with Crippen LogP contribution in [0, 0.1) is 0 Å². The number of carbonyl (C=O) groups excluding carboxylic acids is 1. The van der Waals surface area contributed by atoms with Gasteiger partial charge in [0.15, 0.2) is 6.10 Å². The van der Waals surface area contributed by atoms with E-state index >= 15 is 0 Å². The first kappa shape index (κ1) is 15.8. The highest BCUT2D eigenvalue weighted by molar-refractivity contribution is 5.75. The minimum absolute atomic E-state index is 0.203. The Labute approximate surface area is 133 Å². The van der Waals surface area contributed by atoms with Gasteiger partial charge in [0.05, 0.1) is 12.2 Å². The maximum absolute atomic E-state index is 12.2. The quantitative estimate of drug-likeness (QED) is 0.783. The first-order chi connectivity index (χ1) is 11.2. The predicted octanol–water partition coefficient (Wildman–Crippen LogP) is 0.618. The molecule has 3 heterocycles. The lowest BCUT2D eigenvalue weighted by Gasteiger charge is -2.25. The molecule has 0 bridgehead atoms. The fourth-order valence-corrected chi connectivity index (χ4v) is 2.77. The molecule has 2 aliphatic rings. The topological polar surface area (TPSA) is 103 Å². The Morgan fingerprint density at radius 3 is 2.91 bits per heavy atom. The summed E-state index contributed by atoms with van der Waals surface area (Å²) in [6, 6.07) is 0.203. The van der Waals surface area contributed by atoms with E-state index in [4.69, 9.17) is 14.2 Å². The van der Waals surface area contributed by atoms with Crippen molar-refractivity contribution in [1.82, 2.24) is 9.97 Å². The number of aromatic amines is 1. The molecule has 0 spiro atoms. The van der Waals surface area contributed by atoms with Crippen molar-refractivity contribution >= 4 is 11.9 Å². The molecular formula is C15H21N3O5. The molecule has 3 rings (SSSR count). The molecule has 126 valence electrons. The number of aromatic nitrogens is 2. The standard InChI is InChI=1S/C15H21N3O5/c1-2-22-14(20)11-4-3-10-12(19)17-15(18-13(10)23-11)16-9-5-7-21-8-6-9/h9,11H,2-8H2,1H3,(H2,16,17,18,19)/t11-/m1/s1. The van der Waals surface area contributed by atoms with Crippen molar-refractivity contribution in [1.29, 1.82) is 0 Å². The molecule has 1 atom stereocenters. The van der Waals surface area contributed by atoms with E-state index < -0.39 is 12.1 Å². The lowest BCUT2D eigenvalue weighted by molar-refractivity contribution is -0.152. The van der Waals surface area contributed by atoms with Crippen LogP contribution in [-0.4, -0.2) is 47.9 Å². The van der Waals surface area contributed by atoms with E-state index in [1.54, 1.807) is 6.92 Å². The zero-order valence-electron chi connectivity index (χ0n) is 13.1. The molecule has 8 heteroatoms. The number of anilines is 1. The van der Waals surface area contributed by atoms with Crippen LogP contribution >= 0.6 is 0 Å². The number of rotatable bonds is 4. The molecule has 1 aromatic heterocycles. The monoisotopic (exact) mass is 323 g/mol. The second kappa shape index (κ2) is 6.99. The highest BCUT2D eigenvalue weighted by Crippen LogP contribution is 2.24. The van der Waals surface area contributed by atoms with E-state index in [9.17, 15) is 9.59 Å². The first-order valence-corrected chi connectivity index (χ1v) is 7.98. The van der Waals surface area contributed by atoms with Crippen LogP contribution in [0.5, 0.6) is 5.88 Å². The molecule has 0 aromatic carbocycles. The molecule has 2 N–H and O–H groups in total. The number of nitrogens with one attached hydrogen (secondary N) is 2. The summed E-state index contributed by atoms with van der Waals surface area (Å²) in [5.74, 6) is 0.164. The van der Waals surface area contributed by atoms with Gasteiger partial charge in [-0.05, 0) is 32.6 Å². The Bertz CT molecular complexity index is 624. The van der Waals surface area contributed by atoms with Crippen LogP contribution in [0.2, 0.25) is 0 Å². The van der Waals surface area contributed by atoms with Crippen LogP contribution in [0.15, 0.2) is 4.79 Å². The van der Waals surface area contributed by atoms with Crippen molar-refractivity contribution in [2.75, 3.05) is 25.1 Å². The molecule has 23 heavy (non-hydrogen) atoms. The number of ether oxygens (including phenoxy) is 3. The van der Waals surface area contributed by atoms with Crippen molar-refractivity contribution in [2.24, 2.45) is 0 Å². The van der Waals surface area contributed by atoms with E-state index in [1.165, 1.54) is 0 Å². The van der Waals surface area contributed by atoms with Crippen LogP contribution in [0.1, 0.15) is 31.7 Å². The fourth-order valence-electron chi connectivity index (χ4n) is 2.77. The van der Waals surface area contributed by atoms with Gasteiger partial charge in [0.2, 0.25) is 11.8 Å². The van der Waals surface area contributed by atoms with Gasteiger partial charge in [0, 0.05) is 19.3 Å². The third-order valence-corrected chi connectivity index (χ3v) is 4.00. The van der Waals surface area contributed by atoms with Crippen molar-refractivity contribution < 1.29 is 19.0 Å². The Kier molecular flexibility index (Phi) is 4.80. The number of fused-ring (bicyclic) bond motifs is 1. The van der Waals surface area contributed by atoms with Crippen LogP contribution in [0.25, 0.3) is 0 Å². The van der Waals surface area contributed by atoms with Crippen molar-refractivity contribution in [3.8, 4) is 5.88 Å². The number of hydrogen-bond donors (Lipinski definition) is 2. The molecule has 0 radical (unpaired) electrons. The molecule has 8 nitrogen and oxygen atoms in total. The minimum Gasteiger partial charge on any atom is -0.463 e. The summed E-state index contributed by atoms with van der Waals surface area (Å²) in [7, 11) is 0. The second-order valence-corrected chi connectivity index (χ2v) is 5.63. The summed E-state index contributed by atoms with van der Waals surface area (Å²) in [5, 5.41) is 3.20. The molecule has 0 saturated carbocycles. The van der Waals surface area contributed by atoms with Gasteiger partial charge in [-0.25, -0.2) is 4.79 Å². The normalized spacial score (nSPS) is 21.2. The Balaban J connectivity index is 1.75. The molecule has 2 aliphatic heterocycles. The van der Waals surface area contributed by atoms with Crippen molar-refractivity contribution in [2.45, 2.75) is 44.8 Å².